The number of aromatic hydroxyl groups is 1. The maximum Gasteiger partial charge on any atom is 0.233 e. The van der Waals surface area contributed by atoms with Gasteiger partial charge in [-0.05, 0) is 82.2 Å². The van der Waals surface area contributed by atoms with Gasteiger partial charge in [-0.3, -0.25) is 0 Å². The third kappa shape index (κ3) is 5.98. The van der Waals surface area contributed by atoms with E-state index in [1.807, 2.05) is 13.0 Å². The molecule has 0 spiro atoms. The van der Waals surface area contributed by atoms with Gasteiger partial charge in [0.1, 0.15) is 5.75 Å². The Hall–Kier alpha value is -2.12. The summed E-state index contributed by atoms with van der Waals surface area (Å²) in [5.74, 6) is 1.10. The minimum Gasteiger partial charge on any atom is -0.508 e. The summed E-state index contributed by atoms with van der Waals surface area (Å²) in [5.41, 5.74) is 2.36. The van der Waals surface area contributed by atoms with E-state index in [2.05, 4.69) is 79.4 Å². The van der Waals surface area contributed by atoms with E-state index in [0.29, 0.717) is 11.9 Å². The van der Waals surface area contributed by atoms with Crippen LogP contribution in [0, 0.1) is 6.92 Å². The van der Waals surface area contributed by atoms with E-state index < -0.39 is 0 Å². The van der Waals surface area contributed by atoms with E-state index in [9.17, 15) is 5.11 Å². The lowest BCUT2D eigenvalue weighted by atomic mass is 9.80. The SMILES string of the molecule is Cc1cc(O)c(C(C)(C)C)cc1Nc1nc(Cl)nc(NC2CC(C)(C)NC(C)(C)C2)n1. The zero-order valence-corrected chi connectivity index (χ0v) is 20.6. The summed E-state index contributed by atoms with van der Waals surface area (Å²) >= 11 is 6.22. The molecule has 0 saturated carbocycles. The third-order valence-corrected chi connectivity index (χ3v) is 5.70. The zero-order chi connectivity index (χ0) is 23.2. The number of phenolic OH excluding ortho intramolecular Hbond substituents is 1. The van der Waals surface area contributed by atoms with E-state index >= 15 is 0 Å². The first-order valence-electron chi connectivity index (χ1n) is 10.7. The summed E-state index contributed by atoms with van der Waals surface area (Å²) in [4.78, 5) is 13.1. The fourth-order valence-electron chi connectivity index (χ4n) is 4.63. The summed E-state index contributed by atoms with van der Waals surface area (Å²) in [6, 6.07) is 3.90. The number of hydrogen-bond acceptors (Lipinski definition) is 7. The number of nitrogens with zero attached hydrogens (tertiary/aromatic N) is 3. The Morgan fingerprint density at radius 3 is 2.19 bits per heavy atom. The largest absolute Gasteiger partial charge is 0.508 e. The molecule has 2 aromatic rings. The second-order valence-corrected chi connectivity index (χ2v) is 11.3. The number of nitrogens with one attached hydrogen (secondary N) is 3. The molecule has 3 rings (SSSR count). The smallest absolute Gasteiger partial charge is 0.233 e. The topological polar surface area (TPSA) is 95.0 Å². The zero-order valence-electron chi connectivity index (χ0n) is 19.8. The van der Waals surface area contributed by atoms with Crippen LogP contribution in [-0.4, -0.2) is 37.2 Å². The molecule has 0 aliphatic carbocycles. The summed E-state index contributed by atoms with van der Waals surface area (Å²) in [7, 11) is 0. The van der Waals surface area contributed by atoms with Crippen molar-refractivity contribution in [3.63, 3.8) is 0 Å². The molecule has 0 unspecified atom stereocenters. The highest BCUT2D eigenvalue weighted by molar-refractivity contribution is 6.28. The van der Waals surface area contributed by atoms with Crippen LogP contribution in [0.3, 0.4) is 0 Å². The standard InChI is InChI=1S/C23H35ClN6O/c1-13-9-17(31)15(21(2,3)4)10-16(13)26-20-28-18(24)27-19(29-20)25-14-11-22(5,6)30-23(7,8)12-14/h9-10,14,30-31H,11-12H2,1-8H3,(H2,25,26,27,28,29). The highest BCUT2D eigenvalue weighted by Gasteiger charge is 2.38. The molecule has 0 amide bonds. The fourth-order valence-corrected chi connectivity index (χ4v) is 4.79. The maximum atomic E-state index is 10.4. The quantitative estimate of drug-likeness (QED) is 0.473. The third-order valence-electron chi connectivity index (χ3n) is 5.53. The van der Waals surface area contributed by atoms with Crippen molar-refractivity contribution in [1.29, 1.82) is 0 Å². The van der Waals surface area contributed by atoms with Crippen LogP contribution in [0.15, 0.2) is 12.1 Å². The Morgan fingerprint density at radius 1 is 1.03 bits per heavy atom. The van der Waals surface area contributed by atoms with Crippen molar-refractivity contribution >= 4 is 29.2 Å². The van der Waals surface area contributed by atoms with Gasteiger partial charge in [-0.25, -0.2) is 0 Å². The lowest BCUT2D eigenvalue weighted by molar-refractivity contribution is 0.170. The monoisotopic (exact) mass is 446 g/mol. The number of benzene rings is 1. The maximum absolute atomic E-state index is 10.4. The van der Waals surface area contributed by atoms with Gasteiger partial charge >= 0.3 is 0 Å². The molecule has 1 aromatic heterocycles. The van der Waals surface area contributed by atoms with Crippen molar-refractivity contribution in [3.8, 4) is 5.75 Å². The predicted molar refractivity (Wildman–Crippen MR) is 128 cm³/mol. The van der Waals surface area contributed by atoms with Crippen molar-refractivity contribution in [2.24, 2.45) is 0 Å². The molecule has 1 fully saturated rings. The second kappa shape index (κ2) is 8.10. The Labute approximate surface area is 190 Å². The average Bonchev–Trinajstić information content (AvgIpc) is 2.52. The van der Waals surface area contributed by atoms with Crippen LogP contribution in [0.2, 0.25) is 5.28 Å². The molecule has 8 heteroatoms. The first-order valence-corrected chi connectivity index (χ1v) is 11.1. The van der Waals surface area contributed by atoms with Gasteiger partial charge in [0.2, 0.25) is 17.2 Å². The Kier molecular flexibility index (Phi) is 6.15. The van der Waals surface area contributed by atoms with Crippen LogP contribution in [0.4, 0.5) is 17.6 Å². The molecule has 7 nitrogen and oxygen atoms in total. The number of anilines is 3. The van der Waals surface area contributed by atoms with Crippen molar-refractivity contribution in [3.05, 3.63) is 28.5 Å². The lowest BCUT2D eigenvalue weighted by Crippen LogP contribution is -2.60. The number of aryl methyl sites for hydroxylation is 1. The van der Waals surface area contributed by atoms with Gasteiger partial charge in [0.15, 0.2) is 0 Å². The van der Waals surface area contributed by atoms with Crippen molar-refractivity contribution in [2.45, 2.75) is 90.8 Å². The minimum absolute atomic E-state index is 0.00380. The number of rotatable bonds is 4. The Bertz CT molecular complexity index is 951. The molecule has 170 valence electrons. The molecule has 1 saturated heterocycles. The Balaban J connectivity index is 1.86. The summed E-state index contributed by atoms with van der Waals surface area (Å²) < 4.78 is 0. The van der Waals surface area contributed by atoms with Crippen LogP contribution in [0.1, 0.15) is 72.4 Å². The van der Waals surface area contributed by atoms with Crippen LogP contribution in [0.5, 0.6) is 5.75 Å². The highest BCUT2D eigenvalue weighted by atomic mass is 35.5. The molecule has 0 atom stereocenters. The number of phenols is 1. The number of piperidine rings is 1. The number of hydrogen-bond donors (Lipinski definition) is 4. The minimum atomic E-state index is -0.202. The van der Waals surface area contributed by atoms with E-state index in [1.54, 1.807) is 6.07 Å². The van der Waals surface area contributed by atoms with Crippen LogP contribution in [-0.2, 0) is 5.41 Å². The summed E-state index contributed by atoms with van der Waals surface area (Å²) in [6.07, 6.45) is 1.88. The molecule has 0 bridgehead atoms. The van der Waals surface area contributed by atoms with Crippen molar-refractivity contribution in [2.75, 3.05) is 10.6 Å². The van der Waals surface area contributed by atoms with Crippen molar-refractivity contribution < 1.29 is 5.11 Å². The average molecular weight is 447 g/mol. The van der Waals surface area contributed by atoms with Gasteiger partial charge in [0.25, 0.3) is 0 Å². The lowest BCUT2D eigenvalue weighted by Gasteiger charge is -2.46. The molecule has 31 heavy (non-hydrogen) atoms. The van der Waals surface area contributed by atoms with Gasteiger partial charge in [-0.1, -0.05) is 20.8 Å². The molecule has 4 N–H and O–H groups in total. The molecule has 1 aromatic carbocycles. The Morgan fingerprint density at radius 2 is 1.61 bits per heavy atom. The van der Waals surface area contributed by atoms with Crippen LogP contribution in [0.25, 0.3) is 0 Å². The number of aromatic nitrogens is 3. The van der Waals surface area contributed by atoms with Crippen LogP contribution >= 0.6 is 11.6 Å². The van der Waals surface area contributed by atoms with E-state index in [0.717, 1.165) is 29.7 Å². The van der Waals surface area contributed by atoms with E-state index in [1.165, 1.54) is 0 Å². The summed E-state index contributed by atoms with van der Waals surface area (Å²) in [6.45, 7) is 16.9. The predicted octanol–water partition coefficient (Wildman–Crippen LogP) is 5.30. The molecule has 1 aliphatic heterocycles. The van der Waals surface area contributed by atoms with Crippen LogP contribution < -0.4 is 16.0 Å². The second-order valence-electron chi connectivity index (χ2n) is 11.0. The number of halogens is 1. The highest BCUT2D eigenvalue weighted by Crippen LogP contribution is 2.36. The molecule has 2 heterocycles. The first kappa shape index (κ1) is 23.5. The van der Waals surface area contributed by atoms with E-state index in [4.69, 9.17) is 11.6 Å². The normalized spacial score (nSPS) is 18.6. The van der Waals surface area contributed by atoms with Gasteiger partial charge < -0.3 is 21.1 Å². The van der Waals surface area contributed by atoms with E-state index in [-0.39, 0.29) is 33.6 Å². The summed E-state index contributed by atoms with van der Waals surface area (Å²) in [5, 5.41) is 20.9. The first-order chi connectivity index (χ1) is 14.1. The molecular weight excluding hydrogens is 412 g/mol. The molecule has 1 aliphatic rings. The van der Waals surface area contributed by atoms with Gasteiger partial charge in [-0.15, -0.1) is 0 Å². The van der Waals surface area contributed by atoms with Gasteiger partial charge in [-0.2, -0.15) is 15.0 Å². The van der Waals surface area contributed by atoms with Gasteiger partial charge in [0, 0.05) is 28.4 Å². The molecular formula is C23H35ClN6O. The van der Waals surface area contributed by atoms with Crippen molar-refractivity contribution in [1.82, 2.24) is 20.3 Å². The fraction of sp³-hybridized carbons (Fsp3) is 0.609. The van der Waals surface area contributed by atoms with Gasteiger partial charge in [0.05, 0.1) is 0 Å². The molecule has 0 radical (unpaired) electrons.